The van der Waals surface area contributed by atoms with Crippen molar-refractivity contribution in [2.75, 3.05) is 25.6 Å². The summed E-state index contributed by atoms with van der Waals surface area (Å²) in [6.45, 7) is 14.5. The summed E-state index contributed by atoms with van der Waals surface area (Å²) in [5, 5.41) is 0. The van der Waals surface area contributed by atoms with Gasteiger partial charge in [0.2, 0.25) is 0 Å². The summed E-state index contributed by atoms with van der Waals surface area (Å²) in [5.41, 5.74) is 0.570. The van der Waals surface area contributed by atoms with Crippen molar-refractivity contribution in [2.45, 2.75) is 71.0 Å². The molecule has 172 valence electrons. The smallest absolute Gasteiger partial charge is 0.410 e. The third kappa shape index (κ3) is 9.39. The van der Waals surface area contributed by atoms with E-state index in [9.17, 15) is 9.59 Å². The highest BCUT2D eigenvalue weighted by atomic mass is 32.3. The van der Waals surface area contributed by atoms with E-state index in [2.05, 4.69) is 38.0 Å². The van der Waals surface area contributed by atoms with E-state index in [1.54, 1.807) is 4.90 Å². The molecule has 1 aromatic carbocycles. The molecule has 1 aliphatic heterocycles. The Balaban J connectivity index is 0.000000375. The standard InChI is InChI=1S/C15H31NO3S.C8H8O2/c1-14(2,3)18-13(17)16-10-9-12(11-16)19-20(7,8)15(4,5)6;9-7-10-6-8-4-2-1-3-5-8/h12H,9-11H2,1-8H3;1-5,7H,6H2/t12-;/m0./s1. The van der Waals surface area contributed by atoms with Gasteiger partial charge >= 0.3 is 6.09 Å². The zero-order valence-corrected chi connectivity index (χ0v) is 20.6. The van der Waals surface area contributed by atoms with Crippen molar-refractivity contribution in [1.29, 1.82) is 0 Å². The summed E-state index contributed by atoms with van der Waals surface area (Å²) in [7, 11) is -1.14. The number of carbonyl (C=O) groups excluding carboxylic acids is 2. The van der Waals surface area contributed by atoms with E-state index in [-0.39, 0.29) is 16.9 Å². The molecule has 1 fully saturated rings. The molecule has 0 radical (unpaired) electrons. The Kier molecular flexibility index (Phi) is 9.69. The summed E-state index contributed by atoms with van der Waals surface area (Å²) in [5.74, 6) is 0. The average Bonchev–Trinajstić information content (AvgIpc) is 3.07. The molecule has 1 heterocycles. The van der Waals surface area contributed by atoms with E-state index in [0.29, 0.717) is 19.6 Å². The highest BCUT2D eigenvalue weighted by molar-refractivity contribution is 8.29. The van der Waals surface area contributed by atoms with Crippen LogP contribution in [0, 0.1) is 0 Å². The van der Waals surface area contributed by atoms with Crippen molar-refractivity contribution in [3.05, 3.63) is 35.9 Å². The number of benzene rings is 1. The van der Waals surface area contributed by atoms with E-state index in [4.69, 9.17) is 8.92 Å². The Bertz CT molecular complexity index is 664. The molecule has 1 aromatic rings. The highest BCUT2D eigenvalue weighted by Crippen LogP contribution is 2.55. The maximum atomic E-state index is 12.0. The first-order chi connectivity index (χ1) is 13.7. The van der Waals surface area contributed by atoms with Crippen LogP contribution in [0.4, 0.5) is 4.79 Å². The Morgan fingerprint density at radius 2 is 1.73 bits per heavy atom. The lowest BCUT2D eigenvalue weighted by Gasteiger charge is -2.45. The van der Waals surface area contributed by atoms with Gasteiger partial charge in [0.25, 0.3) is 6.47 Å². The topological polar surface area (TPSA) is 65.1 Å². The number of nitrogens with zero attached hydrogens (tertiary/aromatic N) is 1. The van der Waals surface area contributed by atoms with Gasteiger partial charge in [-0.15, -0.1) is 10.3 Å². The normalized spacial score (nSPS) is 17.6. The monoisotopic (exact) mass is 441 g/mol. The summed E-state index contributed by atoms with van der Waals surface area (Å²) in [4.78, 5) is 23.5. The maximum absolute atomic E-state index is 12.0. The third-order valence-electron chi connectivity index (χ3n) is 4.81. The molecule has 1 saturated heterocycles. The number of amides is 1. The second-order valence-electron chi connectivity index (χ2n) is 9.67. The number of ether oxygens (including phenoxy) is 2. The fourth-order valence-electron chi connectivity index (χ4n) is 2.49. The van der Waals surface area contributed by atoms with E-state index in [1.165, 1.54) is 0 Å². The molecule has 1 atom stereocenters. The lowest BCUT2D eigenvalue weighted by molar-refractivity contribution is -0.129. The molecule has 1 aliphatic rings. The second kappa shape index (κ2) is 11.0. The first kappa shape index (κ1) is 26.3. The van der Waals surface area contributed by atoms with Crippen LogP contribution in [-0.4, -0.2) is 59.5 Å². The van der Waals surface area contributed by atoms with Gasteiger partial charge in [-0.2, -0.15) is 0 Å². The van der Waals surface area contributed by atoms with Crippen molar-refractivity contribution in [3.8, 4) is 0 Å². The van der Waals surface area contributed by atoms with Crippen molar-refractivity contribution >= 4 is 22.9 Å². The van der Waals surface area contributed by atoms with Gasteiger partial charge in [0.15, 0.2) is 0 Å². The van der Waals surface area contributed by atoms with Crippen LogP contribution in [0.2, 0.25) is 0 Å². The van der Waals surface area contributed by atoms with Crippen LogP contribution in [0.3, 0.4) is 0 Å². The van der Waals surface area contributed by atoms with Gasteiger partial charge in [-0.1, -0.05) is 51.1 Å². The molecular formula is C23H39NO5S. The molecular weight excluding hydrogens is 402 g/mol. The van der Waals surface area contributed by atoms with Gasteiger partial charge < -0.3 is 18.6 Å². The molecule has 0 saturated carbocycles. The van der Waals surface area contributed by atoms with Gasteiger partial charge in [0, 0.05) is 11.3 Å². The van der Waals surface area contributed by atoms with Gasteiger partial charge in [-0.05, 0) is 45.3 Å². The zero-order chi connectivity index (χ0) is 23.0. The van der Waals surface area contributed by atoms with Crippen molar-refractivity contribution in [2.24, 2.45) is 0 Å². The second-order valence-corrected chi connectivity index (χ2v) is 13.6. The van der Waals surface area contributed by atoms with Crippen molar-refractivity contribution < 1.29 is 23.2 Å². The third-order valence-corrected chi connectivity index (χ3v) is 8.51. The van der Waals surface area contributed by atoms with Crippen LogP contribution in [-0.2, 0) is 25.1 Å². The Morgan fingerprint density at radius 3 is 2.23 bits per heavy atom. The van der Waals surface area contributed by atoms with Crippen LogP contribution in [0.15, 0.2) is 30.3 Å². The Hall–Kier alpha value is -1.73. The molecule has 0 bridgehead atoms. The largest absolute Gasteiger partial charge is 0.463 e. The number of hydrogen-bond donors (Lipinski definition) is 0. The molecule has 1 amide bonds. The van der Waals surface area contributed by atoms with Gasteiger partial charge in [0.05, 0.1) is 12.6 Å². The lowest BCUT2D eigenvalue weighted by atomic mass is 10.2. The minimum Gasteiger partial charge on any atom is -0.463 e. The van der Waals surface area contributed by atoms with Gasteiger partial charge in [-0.25, -0.2) is 4.79 Å². The molecule has 0 aromatic heterocycles. The summed E-state index contributed by atoms with van der Waals surface area (Å²) in [6.07, 6.45) is 5.19. The first-order valence-corrected chi connectivity index (χ1v) is 12.6. The zero-order valence-electron chi connectivity index (χ0n) is 19.8. The molecule has 0 spiro atoms. The SMILES string of the molecule is CC(C)(C)OC(=O)N1CC[C@H](OS(C)(C)C(C)(C)C)C1.O=COCc1ccccc1. The van der Waals surface area contributed by atoms with E-state index in [1.807, 2.05) is 51.1 Å². The fourth-order valence-corrected chi connectivity index (χ4v) is 3.61. The van der Waals surface area contributed by atoms with Crippen LogP contribution < -0.4 is 0 Å². The first-order valence-electron chi connectivity index (χ1n) is 10.2. The molecule has 0 aliphatic carbocycles. The van der Waals surface area contributed by atoms with Crippen LogP contribution in [0.25, 0.3) is 0 Å². The predicted octanol–water partition coefficient (Wildman–Crippen LogP) is 5.15. The Labute approximate surface area is 183 Å². The maximum Gasteiger partial charge on any atom is 0.410 e. The molecule has 0 unspecified atom stereocenters. The Morgan fingerprint density at radius 1 is 1.13 bits per heavy atom. The minimum absolute atomic E-state index is 0.131. The number of carbonyl (C=O) groups is 2. The van der Waals surface area contributed by atoms with E-state index in [0.717, 1.165) is 18.5 Å². The van der Waals surface area contributed by atoms with E-state index < -0.39 is 15.9 Å². The molecule has 7 heteroatoms. The van der Waals surface area contributed by atoms with Crippen LogP contribution in [0.1, 0.15) is 53.5 Å². The van der Waals surface area contributed by atoms with Crippen LogP contribution in [0.5, 0.6) is 0 Å². The van der Waals surface area contributed by atoms with Gasteiger partial charge in [-0.3, -0.25) is 4.79 Å². The lowest BCUT2D eigenvalue weighted by Crippen LogP contribution is -2.36. The van der Waals surface area contributed by atoms with Gasteiger partial charge in [0.1, 0.15) is 12.2 Å². The fraction of sp³-hybridized carbons (Fsp3) is 0.652. The summed E-state index contributed by atoms with van der Waals surface area (Å²) < 4.78 is 16.4. The minimum atomic E-state index is -1.14. The molecule has 0 N–H and O–H groups in total. The molecule has 2 rings (SSSR count). The average molecular weight is 442 g/mol. The highest BCUT2D eigenvalue weighted by Gasteiger charge is 2.36. The summed E-state index contributed by atoms with van der Waals surface area (Å²) in [6, 6.07) is 9.55. The van der Waals surface area contributed by atoms with Crippen molar-refractivity contribution in [3.63, 3.8) is 0 Å². The quantitative estimate of drug-likeness (QED) is 0.591. The summed E-state index contributed by atoms with van der Waals surface area (Å²) >= 11 is 0. The number of rotatable bonds is 5. The van der Waals surface area contributed by atoms with Crippen molar-refractivity contribution in [1.82, 2.24) is 4.90 Å². The van der Waals surface area contributed by atoms with E-state index >= 15 is 0 Å². The predicted molar refractivity (Wildman–Crippen MR) is 124 cm³/mol. The van der Waals surface area contributed by atoms with Crippen LogP contribution >= 0.6 is 10.3 Å². The molecule has 30 heavy (non-hydrogen) atoms. The number of hydrogen-bond acceptors (Lipinski definition) is 5. The molecule has 6 nitrogen and oxygen atoms in total. The number of likely N-dealkylation sites (tertiary alicyclic amines) is 1.